The van der Waals surface area contributed by atoms with Crippen LogP contribution in [0, 0.1) is 0 Å². The Morgan fingerprint density at radius 3 is 2.08 bits per heavy atom. The van der Waals surface area contributed by atoms with Crippen molar-refractivity contribution in [1.82, 2.24) is 9.78 Å². The fraction of sp³-hybridized carbons (Fsp3) is 0.200. The van der Waals surface area contributed by atoms with Gasteiger partial charge in [0, 0.05) is 6.20 Å². The molecule has 206 valence electrons. The van der Waals surface area contributed by atoms with Crippen LogP contribution in [0.4, 0.5) is 45.2 Å². The highest BCUT2D eigenvalue weighted by Gasteiger charge is 2.38. The molecule has 38 heavy (non-hydrogen) atoms. The highest BCUT2D eigenvalue weighted by atomic mass is 35.5. The molecular formula is C20H12ClF9N4O3S. The van der Waals surface area contributed by atoms with Crippen molar-refractivity contribution >= 4 is 33.2 Å². The van der Waals surface area contributed by atoms with E-state index >= 15 is 0 Å². The van der Waals surface area contributed by atoms with Gasteiger partial charge in [0.1, 0.15) is 4.90 Å². The highest BCUT2D eigenvalue weighted by molar-refractivity contribution is 7.89. The number of aromatic nitrogens is 2. The van der Waals surface area contributed by atoms with E-state index in [9.17, 15) is 52.7 Å². The number of rotatable bonds is 5. The lowest BCUT2D eigenvalue weighted by molar-refractivity contribution is -0.138. The number of anilines is 1. The highest BCUT2D eigenvalue weighted by Crippen LogP contribution is 2.40. The number of nitrogens with one attached hydrogen (secondary N) is 1. The van der Waals surface area contributed by atoms with Crippen LogP contribution in [0.5, 0.6) is 0 Å². The molecule has 3 aromatic rings. The molecule has 0 saturated carbocycles. The Morgan fingerprint density at radius 1 is 0.974 bits per heavy atom. The molecule has 0 fully saturated rings. The smallest absolute Gasteiger partial charge is 0.325 e. The van der Waals surface area contributed by atoms with Gasteiger partial charge in [-0.15, -0.1) is 0 Å². The number of carbonyl (C=O) groups excluding carboxylic acids is 1. The number of nitrogens with two attached hydrogens (primary N) is 1. The number of hydrogen-bond donors (Lipinski definition) is 2. The molecule has 0 aliphatic carbocycles. The number of nitrogens with zero attached hydrogens (tertiary/aromatic N) is 2. The Morgan fingerprint density at radius 2 is 1.58 bits per heavy atom. The van der Waals surface area contributed by atoms with Crippen molar-refractivity contribution in [2.24, 2.45) is 5.14 Å². The third-order valence-corrected chi connectivity index (χ3v) is 6.26. The second kappa shape index (κ2) is 9.77. The van der Waals surface area contributed by atoms with Crippen LogP contribution in [0.25, 0.3) is 5.69 Å². The average molecular weight is 595 g/mol. The monoisotopic (exact) mass is 594 g/mol. The number of halogens is 10. The Kier molecular flexibility index (Phi) is 7.52. The number of alkyl halides is 9. The van der Waals surface area contributed by atoms with Crippen molar-refractivity contribution in [1.29, 1.82) is 0 Å². The maximum Gasteiger partial charge on any atom is 0.419 e. The molecule has 0 aliphatic rings. The van der Waals surface area contributed by atoms with Gasteiger partial charge in [0.15, 0.2) is 0 Å². The van der Waals surface area contributed by atoms with Crippen LogP contribution >= 0.6 is 11.6 Å². The number of carbonyl (C=O) groups is 1. The summed E-state index contributed by atoms with van der Waals surface area (Å²) in [6.45, 7) is 0. The summed E-state index contributed by atoms with van der Waals surface area (Å²) in [5.74, 6) is -1.33. The van der Waals surface area contributed by atoms with Gasteiger partial charge in [-0.1, -0.05) is 23.7 Å². The summed E-state index contributed by atoms with van der Waals surface area (Å²) in [5.41, 5.74) is -7.06. The zero-order valence-corrected chi connectivity index (χ0v) is 19.7. The fourth-order valence-electron chi connectivity index (χ4n) is 3.22. The van der Waals surface area contributed by atoms with Gasteiger partial charge in [-0.25, -0.2) is 18.2 Å². The second-order valence-corrected chi connectivity index (χ2v) is 9.49. The third-order valence-electron chi connectivity index (χ3n) is 4.88. The summed E-state index contributed by atoms with van der Waals surface area (Å²) in [6.07, 6.45) is -15.7. The number of sulfonamides is 1. The first kappa shape index (κ1) is 29.2. The van der Waals surface area contributed by atoms with Gasteiger partial charge in [-0.05, 0) is 23.8 Å². The predicted octanol–water partition coefficient (Wildman–Crippen LogP) is 5.41. The molecule has 3 N–H and O–H groups in total. The number of hydrogen-bond acceptors (Lipinski definition) is 4. The lowest BCUT2D eigenvalue weighted by atomic mass is 10.1. The lowest BCUT2D eigenvalue weighted by Crippen LogP contribution is -2.22. The minimum Gasteiger partial charge on any atom is -0.325 e. The van der Waals surface area contributed by atoms with Crippen molar-refractivity contribution in [2.75, 3.05) is 5.32 Å². The van der Waals surface area contributed by atoms with E-state index in [0.29, 0.717) is 6.07 Å². The summed E-state index contributed by atoms with van der Waals surface area (Å²) in [7, 11) is -4.92. The van der Waals surface area contributed by atoms with Gasteiger partial charge in [0.05, 0.1) is 45.7 Å². The van der Waals surface area contributed by atoms with E-state index in [2.05, 4.69) is 5.10 Å². The van der Waals surface area contributed by atoms with Crippen LogP contribution in [0.1, 0.15) is 22.3 Å². The minimum absolute atomic E-state index is 0.0970. The second-order valence-electron chi connectivity index (χ2n) is 7.58. The van der Waals surface area contributed by atoms with Crippen LogP contribution in [0.2, 0.25) is 5.02 Å². The van der Waals surface area contributed by atoms with E-state index in [-0.39, 0.29) is 29.2 Å². The molecule has 1 aromatic heterocycles. The summed E-state index contributed by atoms with van der Waals surface area (Å²) >= 11 is 5.69. The van der Waals surface area contributed by atoms with Gasteiger partial charge in [0.2, 0.25) is 15.9 Å². The molecule has 1 heterocycles. The molecule has 0 saturated heterocycles. The standard InChI is InChI=1S/C20H12ClF9N4O3S/c21-17-9(2-1-3-11(17)19(25,26)27)4-16(35)33-13-6-15(38(31,36)37)14(5-12(13)20(28,29)30)34-8-10(7-32-34)18(22,23)24/h1-3,5-8H,4H2,(H,33,35)(H2,31,36,37). The van der Waals surface area contributed by atoms with Crippen LogP contribution in [-0.2, 0) is 39.8 Å². The Bertz CT molecular complexity index is 1500. The molecule has 18 heteroatoms. The fourth-order valence-corrected chi connectivity index (χ4v) is 4.24. The number of amides is 1. The minimum atomic E-state index is -5.30. The predicted molar refractivity (Wildman–Crippen MR) is 114 cm³/mol. The molecule has 0 unspecified atom stereocenters. The Balaban J connectivity index is 2.10. The summed E-state index contributed by atoms with van der Waals surface area (Å²) in [5, 5.41) is 9.15. The quantitative estimate of drug-likeness (QED) is 0.385. The summed E-state index contributed by atoms with van der Waals surface area (Å²) < 4.78 is 144. The SMILES string of the molecule is NS(=O)(=O)c1cc(NC(=O)Cc2cccc(C(F)(F)F)c2Cl)c(C(F)(F)F)cc1-n1cc(C(F)(F)F)cn1. The van der Waals surface area contributed by atoms with Gasteiger partial charge in [-0.3, -0.25) is 4.79 Å². The molecule has 3 rings (SSSR count). The van der Waals surface area contributed by atoms with Gasteiger partial charge in [0.25, 0.3) is 0 Å². The Labute approximate surface area is 212 Å². The van der Waals surface area contributed by atoms with Crippen molar-refractivity contribution in [3.8, 4) is 5.69 Å². The zero-order valence-electron chi connectivity index (χ0n) is 18.1. The topological polar surface area (TPSA) is 107 Å². The maximum absolute atomic E-state index is 13.8. The van der Waals surface area contributed by atoms with E-state index in [0.717, 1.165) is 12.1 Å². The molecule has 1 amide bonds. The largest absolute Gasteiger partial charge is 0.419 e. The molecule has 0 spiro atoms. The van der Waals surface area contributed by atoms with E-state index in [4.69, 9.17) is 16.7 Å². The van der Waals surface area contributed by atoms with Gasteiger partial charge < -0.3 is 5.32 Å². The Hall–Kier alpha value is -3.31. The van der Waals surface area contributed by atoms with E-state index < -0.39 is 84.4 Å². The van der Waals surface area contributed by atoms with E-state index in [1.54, 1.807) is 5.32 Å². The van der Waals surface area contributed by atoms with Crippen molar-refractivity contribution in [3.63, 3.8) is 0 Å². The molecular weight excluding hydrogens is 583 g/mol. The third kappa shape index (κ3) is 6.39. The zero-order chi connectivity index (χ0) is 28.8. The lowest BCUT2D eigenvalue weighted by Gasteiger charge is -2.18. The molecule has 2 aromatic carbocycles. The number of benzene rings is 2. The van der Waals surface area contributed by atoms with E-state index in [1.165, 1.54) is 0 Å². The molecule has 0 radical (unpaired) electrons. The first-order valence-electron chi connectivity index (χ1n) is 9.74. The van der Waals surface area contributed by atoms with Gasteiger partial charge in [-0.2, -0.15) is 44.6 Å². The first-order chi connectivity index (χ1) is 17.2. The van der Waals surface area contributed by atoms with Crippen molar-refractivity contribution in [2.45, 2.75) is 29.8 Å². The van der Waals surface area contributed by atoms with Crippen molar-refractivity contribution in [3.05, 3.63) is 70.0 Å². The average Bonchev–Trinajstić information content (AvgIpc) is 3.23. The molecule has 7 nitrogen and oxygen atoms in total. The number of primary sulfonamides is 1. The molecule has 0 aliphatic heterocycles. The van der Waals surface area contributed by atoms with Crippen LogP contribution in [0.3, 0.4) is 0 Å². The van der Waals surface area contributed by atoms with Crippen molar-refractivity contribution < 1.29 is 52.7 Å². The summed E-state index contributed by atoms with van der Waals surface area (Å²) in [6, 6.07) is 2.87. The normalized spacial score (nSPS) is 13.0. The first-order valence-corrected chi connectivity index (χ1v) is 11.7. The van der Waals surface area contributed by atoms with Gasteiger partial charge >= 0.3 is 18.5 Å². The maximum atomic E-state index is 13.8. The summed E-state index contributed by atoms with van der Waals surface area (Å²) in [4.78, 5) is 11.3. The van der Waals surface area contributed by atoms with Crippen LogP contribution in [-0.4, -0.2) is 24.1 Å². The van der Waals surface area contributed by atoms with E-state index in [1.807, 2.05) is 0 Å². The van der Waals surface area contributed by atoms with Crippen LogP contribution in [0.15, 0.2) is 47.6 Å². The molecule has 0 atom stereocenters. The van der Waals surface area contributed by atoms with Crippen LogP contribution < -0.4 is 10.5 Å². The molecule has 0 bridgehead atoms.